The standard InChI is InChI=1S/C10H12N4S/c1-2-8-9(12-3-1)15-10(13-8)14-6-4-11-5-7-14/h1-3,11H,4-7H2. The second-order valence-corrected chi connectivity index (χ2v) is 4.52. The van der Waals surface area contributed by atoms with Gasteiger partial charge in [-0.15, -0.1) is 0 Å². The minimum Gasteiger partial charge on any atom is -0.345 e. The maximum atomic E-state index is 4.59. The zero-order valence-electron chi connectivity index (χ0n) is 8.31. The van der Waals surface area contributed by atoms with Crippen LogP contribution in [0.2, 0.25) is 0 Å². The molecule has 78 valence electrons. The van der Waals surface area contributed by atoms with Crippen LogP contribution >= 0.6 is 11.3 Å². The average Bonchev–Trinajstić information content (AvgIpc) is 2.74. The quantitative estimate of drug-likeness (QED) is 0.781. The summed E-state index contributed by atoms with van der Waals surface area (Å²) in [6, 6.07) is 3.95. The molecule has 5 heteroatoms. The van der Waals surface area contributed by atoms with Gasteiger partial charge >= 0.3 is 0 Å². The van der Waals surface area contributed by atoms with Crippen molar-refractivity contribution in [3.63, 3.8) is 0 Å². The van der Waals surface area contributed by atoms with Crippen molar-refractivity contribution in [2.45, 2.75) is 0 Å². The summed E-state index contributed by atoms with van der Waals surface area (Å²) < 4.78 is 0. The molecule has 0 atom stereocenters. The molecule has 0 unspecified atom stereocenters. The molecule has 1 aliphatic rings. The Morgan fingerprint density at radius 3 is 3.00 bits per heavy atom. The Kier molecular flexibility index (Phi) is 2.26. The zero-order valence-corrected chi connectivity index (χ0v) is 9.13. The van der Waals surface area contributed by atoms with Gasteiger partial charge < -0.3 is 10.2 Å². The van der Waals surface area contributed by atoms with Crippen molar-refractivity contribution in [3.05, 3.63) is 18.3 Å². The maximum absolute atomic E-state index is 4.59. The van der Waals surface area contributed by atoms with Gasteiger partial charge in [0.25, 0.3) is 0 Å². The fourth-order valence-corrected chi connectivity index (χ4v) is 2.71. The van der Waals surface area contributed by atoms with E-state index in [4.69, 9.17) is 0 Å². The third kappa shape index (κ3) is 1.68. The second kappa shape index (κ2) is 3.75. The number of rotatable bonds is 1. The highest BCUT2D eigenvalue weighted by molar-refractivity contribution is 7.21. The number of piperazine rings is 1. The predicted molar refractivity (Wildman–Crippen MR) is 62.5 cm³/mol. The molecule has 0 bridgehead atoms. The van der Waals surface area contributed by atoms with E-state index in [1.165, 1.54) is 0 Å². The molecule has 4 nitrogen and oxygen atoms in total. The Balaban J connectivity index is 1.96. The van der Waals surface area contributed by atoms with E-state index in [-0.39, 0.29) is 0 Å². The van der Waals surface area contributed by atoms with Crippen molar-refractivity contribution in [1.29, 1.82) is 0 Å². The van der Waals surface area contributed by atoms with Gasteiger partial charge in [-0.2, -0.15) is 0 Å². The first kappa shape index (κ1) is 9.06. The van der Waals surface area contributed by atoms with E-state index in [0.717, 1.165) is 41.7 Å². The molecule has 0 aliphatic carbocycles. The molecule has 0 amide bonds. The predicted octanol–water partition coefficient (Wildman–Crippen LogP) is 1.10. The molecule has 3 heterocycles. The fourth-order valence-electron chi connectivity index (χ4n) is 1.75. The van der Waals surface area contributed by atoms with Crippen LogP contribution in [0, 0.1) is 0 Å². The SMILES string of the molecule is c1cnc2sc(N3CCNCC3)nc2c1. The smallest absolute Gasteiger partial charge is 0.188 e. The lowest BCUT2D eigenvalue weighted by molar-refractivity contribution is 0.588. The molecule has 1 aliphatic heterocycles. The number of fused-ring (bicyclic) bond motifs is 1. The lowest BCUT2D eigenvalue weighted by Gasteiger charge is -2.26. The lowest BCUT2D eigenvalue weighted by atomic mass is 10.4. The highest BCUT2D eigenvalue weighted by Crippen LogP contribution is 2.26. The van der Waals surface area contributed by atoms with E-state index < -0.39 is 0 Å². The number of thiazole rings is 1. The van der Waals surface area contributed by atoms with Gasteiger partial charge in [-0.05, 0) is 12.1 Å². The van der Waals surface area contributed by atoms with Crippen LogP contribution in [0.25, 0.3) is 10.3 Å². The first-order valence-corrected chi connectivity index (χ1v) is 5.92. The molecule has 0 saturated carbocycles. The molecule has 15 heavy (non-hydrogen) atoms. The summed E-state index contributed by atoms with van der Waals surface area (Å²) in [7, 11) is 0. The Bertz CT molecular complexity index is 428. The number of aromatic nitrogens is 2. The molecule has 1 fully saturated rings. The minimum atomic E-state index is 1.01. The average molecular weight is 220 g/mol. The van der Waals surface area contributed by atoms with Crippen molar-refractivity contribution in [1.82, 2.24) is 15.3 Å². The molecule has 1 N–H and O–H groups in total. The number of pyridine rings is 1. The molecule has 2 aromatic rings. The highest BCUT2D eigenvalue weighted by Gasteiger charge is 2.14. The zero-order chi connectivity index (χ0) is 10.1. The Morgan fingerprint density at radius 1 is 1.33 bits per heavy atom. The Labute approximate surface area is 92.0 Å². The van der Waals surface area contributed by atoms with Gasteiger partial charge in [-0.25, -0.2) is 9.97 Å². The summed E-state index contributed by atoms with van der Waals surface area (Å²) in [6.07, 6.45) is 1.82. The second-order valence-electron chi connectivity index (χ2n) is 3.56. The van der Waals surface area contributed by atoms with Crippen LogP contribution in [0.1, 0.15) is 0 Å². The number of anilines is 1. The molecular weight excluding hydrogens is 208 g/mol. The third-order valence-corrected chi connectivity index (χ3v) is 3.58. The van der Waals surface area contributed by atoms with Crippen LogP contribution in [0.5, 0.6) is 0 Å². The van der Waals surface area contributed by atoms with Crippen molar-refractivity contribution in [2.75, 3.05) is 31.1 Å². The van der Waals surface area contributed by atoms with Crippen LogP contribution in [-0.4, -0.2) is 36.1 Å². The maximum Gasteiger partial charge on any atom is 0.188 e. The van der Waals surface area contributed by atoms with E-state index in [0.29, 0.717) is 0 Å². The summed E-state index contributed by atoms with van der Waals surface area (Å²) in [5.74, 6) is 0. The molecule has 1 saturated heterocycles. The van der Waals surface area contributed by atoms with Gasteiger partial charge in [-0.1, -0.05) is 11.3 Å². The number of nitrogens with one attached hydrogen (secondary N) is 1. The van der Waals surface area contributed by atoms with Gasteiger partial charge in [0, 0.05) is 32.4 Å². The monoisotopic (exact) mass is 220 g/mol. The third-order valence-electron chi connectivity index (χ3n) is 2.54. The summed E-state index contributed by atoms with van der Waals surface area (Å²) in [5, 5.41) is 4.44. The summed E-state index contributed by atoms with van der Waals surface area (Å²) >= 11 is 1.68. The van der Waals surface area contributed by atoms with E-state index in [2.05, 4.69) is 20.2 Å². The summed E-state index contributed by atoms with van der Waals surface area (Å²) in [5.41, 5.74) is 1.01. The Hall–Kier alpha value is -1.20. The first-order chi connectivity index (χ1) is 7.43. The van der Waals surface area contributed by atoms with E-state index in [1.54, 1.807) is 11.3 Å². The number of hydrogen-bond donors (Lipinski definition) is 1. The van der Waals surface area contributed by atoms with Crippen molar-refractivity contribution in [3.8, 4) is 0 Å². The van der Waals surface area contributed by atoms with Gasteiger partial charge in [0.2, 0.25) is 0 Å². The van der Waals surface area contributed by atoms with Gasteiger partial charge in [0.1, 0.15) is 10.3 Å². The number of hydrogen-bond acceptors (Lipinski definition) is 5. The lowest BCUT2D eigenvalue weighted by Crippen LogP contribution is -2.43. The van der Waals surface area contributed by atoms with Crippen LogP contribution in [0.15, 0.2) is 18.3 Å². The largest absolute Gasteiger partial charge is 0.345 e. The van der Waals surface area contributed by atoms with Crippen molar-refractivity contribution >= 4 is 26.8 Å². The topological polar surface area (TPSA) is 41.1 Å². The number of nitrogens with zero attached hydrogens (tertiary/aromatic N) is 3. The first-order valence-electron chi connectivity index (χ1n) is 5.11. The fraction of sp³-hybridized carbons (Fsp3) is 0.400. The van der Waals surface area contributed by atoms with Crippen LogP contribution < -0.4 is 10.2 Å². The Morgan fingerprint density at radius 2 is 2.20 bits per heavy atom. The van der Waals surface area contributed by atoms with Gasteiger partial charge in [0.15, 0.2) is 5.13 Å². The van der Waals surface area contributed by atoms with Crippen molar-refractivity contribution in [2.24, 2.45) is 0 Å². The molecule has 0 aromatic carbocycles. The molecule has 0 radical (unpaired) electrons. The van der Waals surface area contributed by atoms with E-state index in [9.17, 15) is 0 Å². The molecule has 3 rings (SSSR count). The summed E-state index contributed by atoms with van der Waals surface area (Å²) in [4.78, 5) is 12.3. The van der Waals surface area contributed by atoms with Gasteiger partial charge in [0.05, 0.1) is 0 Å². The van der Waals surface area contributed by atoms with Crippen LogP contribution in [-0.2, 0) is 0 Å². The highest BCUT2D eigenvalue weighted by atomic mass is 32.1. The van der Waals surface area contributed by atoms with Gasteiger partial charge in [-0.3, -0.25) is 0 Å². The van der Waals surface area contributed by atoms with Crippen LogP contribution in [0.3, 0.4) is 0 Å². The normalized spacial score (nSPS) is 17.2. The molecule has 0 spiro atoms. The minimum absolute atomic E-state index is 1.01. The summed E-state index contributed by atoms with van der Waals surface area (Å²) in [6.45, 7) is 4.17. The van der Waals surface area contributed by atoms with E-state index >= 15 is 0 Å². The molecule has 2 aromatic heterocycles. The molecular formula is C10H12N4S. The van der Waals surface area contributed by atoms with Crippen molar-refractivity contribution < 1.29 is 0 Å². The van der Waals surface area contributed by atoms with E-state index in [1.807, 2.05) is 18.3 Å². The van der Waals surface area contributed by atoms with Crippen LogP contribution in [0.4, 0.5) is 5.13 Å².